The van der Waals surface area contributed by atoms with Gasteiger partial charge in [0.05, 0.1) is 0 Å². The summed E-state index contributed by atoms with van der Waals surface area (Å²) < 4.78 is 0. The zero-order valence-electron chi connectivity index (χ0n) is 8.85. The fraction of sp³-hybridized carbons (Fsp3) is 0.0667. The number of rotatable bonds is 1. The summed E-state index contributed by atoms with van der Waals surface area (Å²) in [5, 5.41) is 9.26. The fourth-order valence-corrected chi connectivity index (χ4v) is 1.43. The Kier molecular flexibility index (Phi) is 3.25. The first-order valence-corrected chi connectivity index (χ1v) is 5.16. The fourth-order valence-electron chi connectivity index (χ4n) is 1.43. The molecule has 0 bridgehead atoms. The molecular weight excluding hydrogens is 196 g/mol. The van der Waals surface area contributed by atoms with Crippen LogP contribution in [0.4, 0.5) is 0 Å². The van der Waals surface area contributed by atoms with Gasteiger partial charge in [-0.2, -0.15) is 0 Å². The van der Waals surface area contributed by atoms with E-state index in [9.17, 15) is 5.11 Å². The van der Waals surface area contributed by atoms with Crippen LogP contribution in [-0.2, 0) is 6.42 Å². The van der Waals surface area contributed by atoms with Gasteiger partial charge in [-0.15, -0.1) is 0 Å². The van der Waals surface area contributed by atoms with Crippen molar-refractivity contribution in [3.8, 4) is 17.6 Å². The highest BCUT2D eigenvalue weighted by atomic mass is 16.3. The van der Waals surface area contributed by atoms with Crippen LogP contribution in [0.3, 0.4) is 0 Å². The van der Waals surface area contributed by atoms with Gasteiger partial charge in [0.1, 0.15) is 5.75 Å². The van der Waals surface area contributed by atoms with Crippen molar-refractivity contribution in [1.82, 2.24) is 0 Å². The number of hydrogen-bond donors (Lipinski definition) is 1. The summed E-state index contributed by atoms with van der Waals surface area (Å²) in [5.41, 5.74) is 2.05. The van der Waals surface area contributed by atoms with Gasteiger partial charge >= 0.3 is 0 Å². The van der Waals surface area contributed by atoms with Crippen LogP contribution in [0.5, 0.6) is 5.75 Å². The van der Waals surface area contributed by atoms with Crippen molar-refractivity contribution in [2.45, 2.75) is 6.42 Å². The lowest BCUT2D eigenvalue weighted by atomic mass is 10.1. The Labute approximate surface area is 95.4 Å². The molecule has 0 heterocycles. The molecule has 1 nitrogen and oxygen atoms in total. The molecule has 78 valence electrons. The van der Waals surface area contributed by atoms with Gasteiger partial charge in [0.25, 0.3) is 0 Å². The lowest BCUT2D eigenvalue weighted by Crippen LogP contribution is -1.79. The van der Waals surface area contributed by atoms with Crippen molar-refractivity contribution in [2.75, 3.05) is 0 Å². The third kappa shape index (κ3) is 2.90. The molecule has 0 unspecified atom stereocenters. The molecule has 0 fully saturated rings. The lowest BCUT2D eigenvalue weighted by molar-refractivity contribution is 0.475. The lowest BCUT2D eigenvalue weighted by Gasteiger charge is -1.93. The van der Waals surface area contributed by atoms with Gasteiger partial charge in [-0.25, -0.2) is 0 Å². The summed E-state index contributed by atoms with van der Waals surface area (Å²) in [4.78, 5) is 0. The summed E-state index contributed by atoms with van der Waals surface area (Å²) >= 11 is 0. The maximum atomic E-state index is 9.26. The van der Waals surface area contributed by atoms with Crippen molar-refractivity contribution in [1.29, 1.82) is 0 Å². The Morgan fingerprint density at radius 3 is 2.50 bits per heavy atom. The second-order valence-electron chi connectivity index (χ2n) is 3.51. The molecule has 0 aliphatic rings. The predicted octanol–water partition coefficient (Wildman–Crippen LogP) is 2.99. The summed E-state index contributed by atoms with van der Waals surface area (Å²) in [5.74, 6) is 6.36. The summed E-state index contributed by atoms with van der Waals surface area (Å²) in [6.07, 6.45) is 0.733. The molecule has 0 saturated carbocycles. The minimum Gasteiger partial charge on any atom is -0.508 e. The zero-order chi connectivity index (χ0) is 11.2. The monoisotopic (exact) mass is 208 g/mol. The zero-order valence-corrected chi connectivity index (χ0v) is 8.85. The number of phenolic OH excluding ortho intramolecular Hbond substituents is 1. The van der Waals surface area contributed by atoms with Gasteiger partial charge in [0.2, 0.25) is 0 Å². The highest BCUT2D eigenvalue weighted by molar-refractivity contribution is 5.39. The van der Waals surface area contributed by atoms with Crippen LogP contribution in [0.25, 0.3) is 0 Å². The van der Waals surface area contributed by atoms with Crippen LogP contribution in [-0.4, -0.2) is 5.11 Å². The molecule has 0 aliphatic carbocycles. The first kappa shape index (κ1) is 10.3. The van der Waals surface area contributed by atoms with Gasteiger partial charge in [-0.1, -0.05) is 48.2 Å². The van der Waals surface area contributed by atoms with Crippen LogP contribution >= 0.6 is 0 Å². The Balaban J connectivity index is 2.06. The molecule has 16 heavy (non-hydrogen) atoms. The standard InChI is InChI=1S/C15H12O/c16-15-11-5-10-14(12-15)9-4-8-13-6-2-1-3-7-13/h1-3,5-7,10-12,16H,8H2. The maximum Gasteiger partial charge on any atom is 0.116 e. The molecule has 0 atom stereocenters. The molecule has 1 heteroatoms. The van der Waals surface area contributed by atoms with Gasteiger partial charge < -0.3 is 5.11 Å². The maximum absolute atomic E-state index is 9.26. The van der Waals surface area contributed by atoms with Crippen LogP contribution in [0.1, 0.15) is 11.1 Å². The molecule has 0 spiro atoms. The number of hydrogen-bond acceptors (Lipinski definition) is 1. The smallest absolute Gasteiger partial charge is 0.116 e. The molecule has 0 aromatic heterocycles. The minimum absolute atomic E-state index is 0.256. The van der Waals surface area contributed by atoms with E-state index < -0.39 is 0 Å². The van der Waals surface area contributed by atoms with E-state index in [2.05, 4.69) is 24.0 Å². The first-order valence-electron chi connectivity index (χ1n) is 5.16. The Morgan fingerprint density at radius 1 is 0.938 bits per heavy atom. The van der Waals surface area contributed by atoms with Crippen molar-refractivity contribution < 1.29 is 5.11 Å². The Bertz CT molecular complexity index is 518. The van der Waals surface area contributed by atoms with E-state index in [-0.39, 0.29) is 5.75 Å². The normalized spacial score (nSPS) is 9.25. The van der Waals surface area contributed by atoms with Crippen molar-refractivity contribution in [3.63, 3.8) is 0 Å². The third-order valence-electron chi connectivity index (χ3n) is 2.21. The van der Waals surface area contributed by atoms with E-state index in [0.717, 1.165) is 12.0 Å². The first-order chi connectivity index (χ1) is 7.84. The quantitative estimate of drug-likeness (QED) is 0.714. The molecule has 0 saturated heterocycles. The number of benzene rings is 2. The Hall–Kier alpha value is -2.20. The summed E-state index contributed by atoms with van der Waals surface area (Å²) in [6, 6.07) is 17.1. The van der Waals surface area contributed by atoms with Crippen molar-refractivity contribution in [3.05, 3.63) is 65.7 Å². The molecule has 0 aliphatic heterocycles. The molecule has 0 amide bonds. The van der Waals surface area contributed by atoms with Crippen LogP contribution in [0, 0.1) is 11.8 Å². The Morgan fingerprint density at radius 2 is 1.75 bits per heavy atom. The molecular formula is C15H12O. The second-order valence-corrected chi connectivity index (χ2v) is 3.51. The highest BCUT2D eigenvalue weighted by Gasteiger charge is 1.89. The van der Waals surface area contributed by atoms with Gasteiger partial charge in [0.15, 0.2) is 0 Å². The molecule has 2 aromatic rings. The van der Waals surface area contributed by atoms with Crippen molar-refractivity contribution in [2.24, 2.45) is 0 Å². The van der Waals surface area contributed by atoms with Crippen LogP contribution < -0.4 is 0 Å². The largest absolute Gasteiger partial charge is 0.508 e. The number of aromatic hydroxyl groups is 1. The third-order valence-corrected chi connectivity index (χ3v) is 2.21. The highest BCUT2D eigenvalue weighted by Crippen LogP contribution is 2.09. The van der Waals surface area contributed by atoms with E-state index in [4.69, 9.17) is 0 Å². The summed E-state index contributed by atoms with van der Waals surface area (Å²) in [7, 11) is 0. The topological polar surface area (TPSA) is 20.2 Å². The van der Waals surface area contributed by atoms with Crippen molar-refractivity contribution >= 4 is 0 Å². The van der Waals surface area contributed by atoms with Crippen LogP contribution in [0.2, 0.25) is 0 Å². The van der Waals surface area contributed by atoms with Gasteiger partial charge in [-0.3, -0.25) is 0 Å². The molecule has 2 aromatic carbocycles. The average molecular weight is 208 g/mol. The van der Waals surface area contributed by atoms with E-state index in [0.29, 0.717) is 0 Å². The van der Waals surface area contributed by atoms with Crippen LogP contribution in [0.15, 0.2) is 54.6 Å². The van der Waals surface area contributed by atoms with E-state index in [1.54, 1.807) is 18.2 Å². The van der Waals surface area contributed by atoms with Gasteiger partial charge in [0, 0.05) is 12.0 Å². The second kappa shape index (κ2) is 5.04. The molecule has 2 rings (SSSR count). The SMILES string of the molecule is Oc1cccc(C#CCc2ccccc2)c1. The minimum atomic E-state index is 0.256. The molecule has 1 N–H and O–H groups in total. The van der Waals surface area contributed by atoms with E-state index in [1.165, 1.54) is 5.56 Å². The molecule has 0 radical (unpaired) electrons. The number of phenols is 1. The predicted molar refractivity (Wildman–Crippen MR) is 65.1 cm³/mol. The van der Waals surface area contributed by atoms with E-state index in [1.807, 2.05) is 24.3 Å². The summed E-state index contributed by atoms with van der Waals surface area (Å²) in [6.45, 7) is 0. The average Bonchev–Trinajstić information content (AvgIpc) is 2.30. The van der Waals surface area contributed by atoms with E-state index >= 15 is 0 Å². The van der Waals surface area contributed by atoms with Gasteiger partial charge in [-0.05, 0) is 23.8 Å².